The Morgan fingerprint density at radius 1 is 0.611 bits per heavy atom. The molecule has 0 spiro atoms. The van der Waals surface area contributed by atoms with Crippen LogP contribution < -0.4 is 0 Å². The van der Waals surface area contributed by atoms with Gasteiger partial charge in [-0.2, -0.15) is 26.3 Å². The first-order chi connectivity index (χ1) is 16.8. The van der Waals surface area contributed by atoms with Crippen LogP contribution in [0, 0.1) is 13.8 Å². The van der Waals surface area contributed by atoms with Crippen molar-refractivity contribution in [3.8, 4) is 11.3 Å². The quantitative estimate of drug-likeness (QED) is 0.179. The van der Waals surface area contributed by atoms with Crippen molar-refractivity contribution in [2.24, 2.45) is 0 Å². The predicted octanol–water partition coefficient (Wildman–Crippen LogP) is 8.51. The summed E-state index contributed by atoms with van der Waals surface area (Å²) in [5.41, 5.74) is -5.81. The smallest absolute Gasteiger partial charge is 0.236 e. The van der Waals surface area contributed by atoms with Gasteiger partial charge in [0.15, 0.2) is 0 Å². The fraction of sp³-hybridized carbons (Fsp3) is 0.185. The molecule has 0 aliphatic rings. The van der Waals surface area contributed by atoms with E-state index in [0.717, 1.165) is 23.5 Å². The maximum absolute atomic E-state index is 15.7. The zero-order chi connectivity index (χ0) is 26.0. The highest BCUT2D eigenvalue weighted by molar-refractivity contribution is 6.10. The summed E-state index contributed by atoms with van der Waals surface area (Å²) >= 11 is 0. The summed E-state index contributed by atoms with van der Waals surface area (Å²) in [4.78, 5) is 7.96. The Labute approximate surface area is 200 Å². The number of halogens is 7. The van der Waals surface area contributed by atoms with Gasteiger partial charge in [0, 0.05) is 16.5 Å². The molecule has 0 saturated heterocycles. The maximum atomic E-state index is 15.7. The van der Waals surface area contributed by atoms with E-state index < -0.39 is 34.5 Å². The van der Waals surface area contributed by atoms with Crippen LogP contribution in [0.25, 0.3) is 43.7 Å². The molecule has 4 aromatic carbocycles. The van der Waals surface area contributed by atoms with E-state index in [2.05, 4.69) is 9.97 Å². The van der Waals surface area contributed by atoms with Gasteiger partial charge in [-0.15, -0.1) is 0 Å². The van der Waals surface area contributed by atoms with E-state index in [1.165, 1.54) is 18.2 Å². The van der Waals surface area contributed by atoms with Crippen LogP contribution in [0.2, 0.25) is 0 Å². The minimum atomic E-state index is -6.30. The van der Waals surface area contributed by atoms with Crippen LogP contribution in [0.3, 0.4) is 0 Å². The topological polar surface area (TPSA) is 25.8 Å². The van der Waals surface area contributed by atoms with E-state index >= 15 is 4.39 Å². The summed E-state index contributed by atoms with van der Waals surface area (Å²) in [6.07, 6.45) is -11.7. The normalized spacial score (nSPS) is 13.1. The number of alkyl halides is 7. The third-order valence-corrected chi connectivity index (χ3v) is 6.23. The summed E-state index contributed by atoms with van der Waals surface area (Å²) in [6.45, 7) is 3.60. The monoisotopic (exact) mass is 502 g/mol. The second-order valence-electron chi connectivity index (χ2n) is 8.82. The lowest BCUT2D eigenvalue weighted by Gasteiger charge is -2.32. The SMILES string of the molecule is Cc1cc(C)cc(-c2ncnc3c(C(F)(C(F)(F)F)C(F)(F)F)c4cc5ccccc5cc4cc23)c1. The molecule has 0 unspecified atom stereocenters. The highest BCUT2D eigenvalue weighted by Gasteiger charge is 2.74. The van der Waals surface area contributed by atoms with E-state index in [1.54, 1.807) is 44.2 Å². The maximum Gasteiger partial charge on any atom is 0.436 e. The molecule has 2 nitrogen and oxygen atoms in total. The first-order valence-electron chi connectivity index (χ1n) is 10.8. The van der Waals surface area contributed by atoms with Crippen LogP contribution in [0.4, 0.5) is 30.7 Å². The Hall–Kier alpha value is -3.75. The molecule has 36 heavy (non-hydrogen) atoms. The zero-order valence-corrected chi connectivity index (χ0v) is 18.9. The van der Waals surface area contributed by atoms with Crippen LogP contribution in [0.1, 0.15) is 16.7 Å². The fourth-order valence-electron chi connectivity index (χ4n) is 4.74. The molecule has 0 saturated carbocycles. The van der Waals surface area contributed by atoms with Crippen molar-refractivity contribution in [1.82, 2.24) is 9.97 Å². The van der Waals surface area contributed by atoms with Crippen molar-refractivity contribution in [1.29, 1.82) is 0 Å². The van der Waals surface area contributed by atoms with Gasteiger partial charge in [-0.05, 0) is 65.7 Å². The van der Waals surface area contributed by atoms with Crippen molar-refractivity contribution in [3.63, 3.8) is 0 Å². The molecular formula is C27H17F7N2. The highest BCUT2D eigenvalue weighted by atomic mass is 19.4. The lowest BCUT2D eigenvalue weighted by Crippen LogP contribution is -2.50. The third kappa shape index (κ3) is 3.56. The van der Waals surface area contributed by atoms with Crippen molar-refractivity contribution in [2.45, 2.75) is 31.9 Å². The molecule has 0 fully saturated rings. The Bertz CT molecular complexity index is 1620. The van der Waals surface area contributed by atoms with Gasteiger partial charge in [-0.1, -0.05) is 41.5 Å². The molecule has 0 aliphatic carbocycles. The van der Waals surface area contributed by atoms with E-state index in [4.69, 9.17) is 0 Å². The van der Waals surface area contributed by atoms with Crippen LogP contribution in [-0.4, -0.2) is 22.3 Å². The van der Waals surface area contributed by atoms with Gasteiger partial charge in [0.1, 0.15) is 6.33 Å². The molecule has 5 aromatic rings. The van der Waals surface area contributed by atoms with E-state index in [-0.39, 0.29) is 16.5 Å². The molecule has 1 heterocycles. The van der Waals surface area contributed by atoms with E-state index in [9.17, 15) is 26.3 Å². The van der Waals surface area contributed by atoms with Crippen LogP contribution >= 0.6 is 0 Å². The van der Waals surface area contributed by atoms with Gasteiger partial charge in [0.05, 0.1) is 11.2 Å². The van der Waals surface area contributed by atoms with Crippen molar-refractivity contribution in [2.75, 3.05) is 0 Å². The summed E-state index contributed by atoms with van der Waals surface area (Å²) in [5.74, 6) is 0. The average molecular weight is 502 g/mol. The number of nitrogens with zero attached hydrogens (tertiary/aromatic N) is 2. The number of hydrogen-bond acceptors (Lipinski definition) is 2. The fourth-order valence-corrected chi connectivity index (χ4v) is 4.74. The molecule has 0 atom stereocenters. The molecule has 0 amide bonds. The molecule has 0 radical (unpaired) electrons. The minimum absolute atomic E-state index is 0.00662. The first kappa shape index (κ1) is 24.0. The van der Waals surface area contributed by atoms with Gasteiger partial charge in [-0.3, -0.25) is 0 Å². The first-order valence-corrected chi connectivity index (χ1v) is 10.8. The molecule has 184 valence electrons. The van der Waals surface area contributed by atoms with Crippen molar-refractivity contribution >= 4 is 32.4 Å². The van der Waals surface area contributed by atoms with Gasteiger partial charge < -0.3 is 0 Å². The lowest BCUT2D eigenvalue weighted by molar-refractivity contribution is -0.347. The Balaban J connectivity index is 2.03. The molecule has 0 N–H and O–H groups in total. The average Bonchev–Trinajstić information content (AvgIpc) is 2.78. The molecular weight excluding hydrogens is 485 g/mol. The molecule has 0 bridgehead atoms. The Kier molecular flexibility index (Phi) is 5.24. The second kappa shape index (κ2) is 7.88. The lowest BCUT2D eigenvalue weighted by atomic mass is 9.85. The Morgan fingerprint density at radius 3 is 1.75 bits per heavy atom. The summed E-state index contributed by atoms with van der Waals surface area (Å²) in [6, 6.07) is 15.7. The van der Waals surface area contributed by atoms with E-state index in [1.807, 2.05) is 6.07 Å². The summed E-state index contributed by atoms with van der Waals surface area (Å²) < 4.78 is 100. The van der Waals surface area contributed by atoms with Crippen molar-refractivity contribution in [3.05, 3.63) is 83.7 Å². The summed E-state index contributed by atoms with van der Waals surface area (Å²) in [5, 5.41) is 0.302. The largest absolute Gasteiger partial charge is 0.436 e. The van der Waals surface area contributed by atoms with Crippen LogP contribution in [-0.2, 0) is 5.67 Å². The van der Waals surface area contributed by atoms with Crippen LogP contribution in [0.5, 0.6) is 0 Å². The minimum Gasteiger partial charge on any atom is -0.236 e. The number of fused-ring (bicyclic) bond motifs is 3. The van der Waals surface area contributed by atoms with Crippen molar-refractivity contribution < 1.29 is 30.7 Å². The van der Waals surface area contributed by atoms with Gasteiger partial charge in [0.2, 0.25) is 0 Å². The standard InChI is InChI=1S/C27H17F7N2/c1-14-7-15(2)9-19(8-14)23-21-12-18-10-16-5-3-4-6-17(16)11-20(18)22(24(21)36-13-35-23)25(28,26(29,30)31)27(32,33)34/h3-13H,1-2H3. The molecule has 0 aliphatic heterocycles. The number of hydrogen-bond donors (Lipinski definition) is 0. The van der Waals surface area contributed by atoms with Gasteiger partial charge >= 0.3 is 18.0 Å². The van der Waals surface area contributed by atoms with E-state index in [0.29, 0.717) is 16.3 Å². The second-order valence-corrected chi connectivity index (χ2v) is 8.82. The third-order valence-electron chi connectivity index (χ3n) is 6.23. The van der Waals surface area contributed by atoms with Crippen LogP contribution in [0.15, 0.2) is 67.0 Å². The number of aromatic nitrogens is 2. The van der Waals surface area contributed by atoms with Gasteiger partial charge in [-0.25, -0.2) is 14.4 Å². The summed E-state index contributed by atoms with van der Waals surface area (Å²) in [7, 11) is 0. The number of rotatable bonds is 2. The molecule has 9 heteroatoms. The van der Waals surface area contributed by atoms with Gasteiger partial charge in [0.25, 0.3) is 0 Å². The number of benzene rings is 4. The predicted molar refractivity (Wildman–Crippen MR) is 124 cm³/mol. The Morgan fingerprint density at radius 2 is 1.17 bits per heavy atom. The zero-order valence-electron chi connectivity index (χ0n) is 18.9. The molecule has 1 aromatic heterocycles. The number of aryl methyl sites for hydroxylation is 2. The highest BCUT2D eigenvalue weighted by Crippen LogP contribution is 2.56. The molecule has 5 rings (SSSR count).